The van der Waals surface area contributed by atoms with Crippen molar-refractivity contribution in [2.75, 3.05) is 6.54 Å². The molecule has 0 aliphatic heterocycles. The summed E-state index contributed by atoms with van der Waals surface area (Å²) in [6.07, 6.45) is 13.4. The summed E-state index contributed by atoms with van der Waals surface area (Å²) >= 11 is 0. The highest BCUT2D eigenvalue weighted by molar-refractivity contribution is 4.70. The van der Waals surface area contributed by atoms with E-state index < -0.39 is 0 Å². The molecular weight excluding hydrogens is 198 g/mol. The lowest BCUT2D eigenvalue weighted by atomic mass is 9.91. The van der Waals surface area contributed by atoms with E-state index in [9.17, 15) is 4.91 Å². The van der Waals surface area contributed by atoms with Crippen LogP contribution in [-0.2, 0) is 0 Å². The monoisotopic (exact) mass is 225 g/mol. The first kappa shape index (κ1) is 13.7. The predicted octanol–water partition coefficient (Wildman–Crippen LogP) is 4.92. The molecule has 1 fully saturated rings. The fourth-order valence-electron chi connectivity index (χ4n) is 2.89. The Morgan fingerprint density at radius 2 is 1.94 bits per heavy atom. The Balaban J connectivity index is 2.12. The Bertz CT molecular complexity index is 176. The van der Waals surface area contributed by atoms with Gasteiger partial charge in [0.2, 0.25) is 0 Å². The molecule has 16 heavy (non-hydrogen) atoms. The summed E-state index contributed by atoms with van der Waals surface area (Å²) in [5.74, 6) is 1.53. The van der Waals surface area contributed by atoms with Gasteiger partial charge in [0.15, 0.2) is 0 Å². The van der Waals surface area contributed by atoms with Gasteiger partial charge >= 0.3 is 0 Å². The highest BCUT2D eigenvalue weighted by atomic mass is 16.3. The van der Waals surface area contributed by atoms with Crippen LogP contribution in [0.15, 0.2) is 5.18 Å². The van der Waals surface area contributed by atoms with Crippen molar-refractivity contribution in [1.82, 2.24) is 0 Å². The maximum atomic E-state index is 10.4. The molecule has 1 aliphatic carbocycles. The van der Waals surface area contributed by atoms with Crippen molar-refractivity contribution in [1.29, 1.82) is 0 Å². The lowest BCUT2D eigenvalue weighted by Crippen LogP contribution is -2.07. The Hall–Kier alpha value is -0.400. The van der Waals surface area contributed by atoms with Crippen LogP contribution in [-0.4, -0.2) is 6.54 Å². The highest BCUT2D eigenvalue weighted by Gasteiger charge is 2.17. The van der Waals surface area contributed by atoms with Crippen molar-refractivity contribution in [3.05, 3.63) is 4.91 Å². The lowest BCUT2D eigenvalue weighted by Gasteiger charge is -2.15. The van der Waals surface area contributed by atoms with Gasteiger partial charge in [0, 0.05) is 0 Å². The van der Waals surface area contributed by atoms with E-state index in [2.05, 4.69) is 12.1 Å². The summed E-state index contributed by atoms with van der Waals surface area (Å²) < 4.78 is 0. The van der Waals surface area contributed by atoms with Gasteiger partial charge in [-0.3, -0.25) is 0 Å². The fraction of sp³-hybridized carbons (Fsp3) is 1.00. The van der Waals surface area contributed by atoms with E-state index in [1.165, 1.54) is 64.2 Å². The van der Waals surface area contributed by atoms with E-state index in [1.54, 1.807) is 0 Å². The van der Waals surface area contributed by atoms with E-state index in [1.807, 2.05) is 0 Å². The average molecular weight is 225 g/mol. The minimum Gasteiger partial charge on any atom is -0.151 e. The summed E-state index contributed by atoms with van der Waals surface area (Å²) in [5, 5.41) is 3.11. The molecular formula is C14H27NO. The normalized spacial score (nSPS) is 18.8. The van der Waals surface area contributed by atoms with Crippen LogP contribution >= 0.6 is 0 Å². The summed E-state index contributed by atoms with van der Waals surface area (Å²) in [4.78, 5) is 10.4. The van der Waals surface area contributed by atoms with Gasteiger partial charge in [0.25, 0.3) is 0 Å². The number of hydrogen-bond acceptors (Lipinski definition) is 2. The summed E-state index contributed by atoms with van der Waals surface area (Å²) in [6, 6.07) is 0. The standard InChI is InChI=1S/C14H27NO/c1-2-3-4-9-14(12-15-16)11-10-13-7-5-6-8-13/h13-14H,2-12H2,1H3. The van der Waals surface area contributed by atoms with Gasteiger partial charge in [-0.15, -0.1) is 0 Å². The molecule has 2 nitrogen and oxygen atoms in total. The van der Waals surface area contributed by atoms with Crippen molar-refractivity contribution < 1.29 is 0 Å². The van der Waals surface area contributed by atoms with Crippen molar-refractivity contribution in [3.63, 3.8) is 0 Å². The molecule has 0 saturated heterocycles. The molecule has 0 amide bonds. The van der Waals surface area contributed by atoms with Gasteiger partial charge in [0.1, 0.15) is 0 Å². The van der Waals surface area contributed by atoms with Crippen LogP contribution in [0.4, 0.5) is 0 Å². The maximum absolute atomic E-state index is 10.4. The largest absolute Gasteiger partial charge is 0.151 e. The second-order valence-electron chi connectivity index (χ2n) is 5.40. The van der Waals surface area contributed by atoms with E-state index in [4.69, 9.17) is 0 Å². The molecule has 0 bridgehead atoms. The third-order valence-electron chi connectivity index (χ3n) is 4.01. The Morgan fingerprint density at radius 3 is 2.56 bits per heavy atom. The van der Waals surface area contributed by atoms with E-state index in [0.717, 1.165) is 5.92 Å². The van der Waals surface area contributed by atoms with Gasteiger partial charge < -0.3 is 0 Å². The third kappa shape index (κ3) is 5.62. The topological polar surface area (TPSA) is 29.4 Å². The number of rotatable bonds is 9. The Kier molecular flexibility index (Phi) is 7.45. The van der Waals surface area contributed by atoms with Crippen molar-refractivity contribution in [3.8, 4) is 0 Å². The summed E-state index contributed by atoms with van der Waals surface area (Å²) in [7, 11) is 0. The van der Waals surface area contributed by atoms with Crippen molar-refractivity contribution in [2.24, 2.45) is 17.0 Å². The first-order valence-electron chi connectivity index (χ1n) is 7.16. The summed E-state index contributed by atoms with van der Waals surface area (Å²) in [5.41, 5.74) is 0. The van der Waals surface area contributed by atoms with Crippen LogP contribution in [0.1, 0.15) is 71.1 Å². The zero-order valence-corrected chi connectivity index (χ0v) is 10.8. The number of nitroso groups, excluding NO2 is 1. The molecule has 1 aliphatic rings. The second-order valence-corrected chi connectivity index (χ2v) is 5.40. The third-order valence-corrected chi connectivity index (χ3v) is 4.01. The first-order chi connectivity index (χ1) is 7.86. The predicted molar refractivity (Wildman–Crippen MR) is 69.5 cm³/mol. The zero-order chi connectivity index (χ0) is 11.6. The molecule has 0 radical (unpaired) electrons. The van der Waals surface area contributed by atoms with Crippen LogP contribution in [0, 0.1) is 16.7 Å². The van der Waals surface area contributed by atoms with Crippen molar-refractivity contribution >= 4 is 0 Å². The van der Waals surface area contributed by atoms with Gasteiger partial charge in [-0.1, -0.05) is 63.5 Å². The molecule has 1 unspecified atom stereocenters. The van der Waals surface area contributed by atoms with Crippen LogP contribution in [0.25, 0.3) is 0 Å². The molecule has 0 heterocycles. The SMILES string of the molecule is CCCCCC(CCC1CCCC1)CN=O. The van der Waals surface area contributed by atoms with Gasteiger partial charge in [0.05, 0.1) is 6.54 Å². The number of unbranched alkanes of at least 4 members (excludes halogenated alkanes) is 2. The molecule has 0 spiro atoms. The molecule has 1 saturated carbocycles. The lowest BCUT2D eigenvalue weighted by molar-refractivity contribution is 0.375. The molecule has 0 aromatic rings. The van der Waals surface area contributed by atoms with Crippen LogP contribution in [0.2, 0.25) is 0 Å². The Morgan fingerprint density at radius 1 is 1.19 bits per heavy atom. The van der Waals surface area contributed by atoms with Gasteiger partial charge in [-0.2, -0.15) is 4.91 Å². The first-order valence-corrected chi connectivity index (χ1v) is 7.16. The van der Waals surface area contributed by atoms with E-state index >= 15 is 0 Å². The van der Waals surface area contributed by atoms with Crippen LogP contribution in [0.5, 0.6) is 0 Å². The molecule has 1 atom stereocenters. The molecule has 94 valence electrons. The fourth-order valence-corrected chi connectivity index (χ4v) is 2.89. The smallest absolute Gasteiger partial charge is 0.0839 e. The number of hydrogen-bond donors (Lipinski definition) is 0. The average Bonchev–Trinajstić information content (AvgIpc) is 2.79. The van der Waals surface area contributed by atoms with Crippen LogP contribution < -0.4 is 0 Å². The highest BCUT2D eigenvalue weighted by Crippen LogP contribution is 2.30. The Labute approximate surface area is 100 Å². The minimum atomic E-state index is 0.552. The molecule has 0 aromatic heterocycles. The minimum absolute atomic E-state index is 0.552. The zero-order valence-electron chi connectivity index (χ0n) is 10.8. The van der Waals surface area contributed by atoms with Gasteiger partial charge in [-0.05, 0) is 24.7 Å². The quantitative estimate of drug-likeness (QED) is 0.404. The maximum Gasteiger partial charge on any atom is 0.0839 e. The van der Waals surface area contributed by atoms with Gasteiger partial charge in [-0.25, -0.2) is 0 Å². The van der Waals surface area contributed by atoms with Crippen LogP contribution in [0.3, 0.4) is 0 Å². The summed E-state index contributed by atoms with van der Waals surface area (Å²) in [6.45, 7) is 2.78. The molecule has 0 aromatic carbocycles. The molecule has 1 rings (SSSR count). The molecule has 2 heteroatoms. The van der Waals surface area contributed by atoms with E-state index in [0.29, 0.717) is 12.5 Å². The number of nitrogens with zero attached hydrogens (tertiary/aromatic N) is 1. The van der Waals surface area contributed by atoms with E-state index in [-0.39, 0.29) is 0 Å². The second kappa shape index (κ2) is 8.72. The molecule has 0 N–H and O–H groups in total. The van der Waals surface area contributed by atoms with Crippen molar-refractivity contribution in [2.45, 2.75) is 71.1 Å².